The molecule has 0 aliphatic heterocycles. The van der Waals surface area contributed by atoms with Crippen LogP contribution in [0.15, 0.2) is 36.4 Å². The summed E-state index contributed by atoms with van der Waals surface area (Å²) in [5, 5.41) is 0. The number of hydrogen-bond acceptors (Lipinski definition) is 2. The van der Waals surface area contributed by atoms with Crippen LogP contribution in [0.3, 0.4) is 0 Å². The smallest absolute Gasteiger partial charge is 0.201 e. The molecule has 0 fully saturated rings. The van der Waals surface area contributed by atoms with Gasteiger partial charge in [-0.15, -0.1) is 0 Å². The third-order valence-electron chi connectivity index (χ3n) is 2.47. The highest BCUT2D eigenvalue weighted by Gasteiger charge is 2.10. The monoisotopic (exact) mass is 248 g/mol. The molecule has 0 aliphatic carbocycles. The van der Waals surface area contributed by atoms with Gasteiger partial charge in [0, 0.05) is 5.56 Å². The Morgan fingerprint density at radius 1 is 1.11 bits per heavy atom. The average molecular weight is 248 g/mol. The first-order chi connectivity index (χ1) is 8.61. The highest BCUT2D eigenvalue weighted by Crippen LogP contribution is 2.28. The molecule has 92 valence electrons. The summed E-state index contributed by atoms with van der Waals surface area (Å²) in [6.45, 7) is 1.72. The van der Waals surface area contributed by atoms with Gasteiger partial charge in [-0.25, -0.2) is 4.39 Å². The predicted octanol–water partition coefficient (Wildman–Crippen LogP) is 3.88. The highest BCUT2D eigenvalue weighted by atomic mass is 19.2. The van der Waals surface area contributed by atoms with Crippen LogP contribution in [0.4, 0.5) is 8.78 Å². The van der Waals surface area contributed by atoms with E-state index in [0.717, 1.165) is 6.07 Å². The van der Waals surface area contributed by atoms with Crippen LogP contribution in [-0.4, -0.2) is 6.29 Å². The number of carbonyl (C=O) groups excluding carboxylic acids is 1. The van der Waals surface area contributed by atoms with Gasteiger partial charge >= 0.3 is 0 Å². The van der Waals surface area contributed by atoms with Gasteiger partial charge in [-0.05, 0) is 42.8 Å². The summed E-state index contributed by atoms with van der Waals surface area (Å²) >= 11 is 0. The van der Waals surface area contributed by atoms with Crippen molar-refractivity contribution in [3.8, 4) is 11.5 Å². The third-order valence-corrected chi connectivity index (χ3v) is 2.47. The van der Waals surface area contributed by atoms with Crippen LogP contribution >= 0.6 is 0 Å². The number of halogens is 2. The number of rotatable bonds is 3. The first-order valence-corrected chi connectivity index (χ1v) is 5.29. The SMILES string of the molecule is Cc1cc(C=O)ccc1Oc1cccc(F)c1F. The zero-order valence-electron chi connectivity index (χ0n) is 9.61. The maximum Gasteiger partial charge on any atom is 0.201 e. The van der Waals surface area contributed by atoms with Crippen molar-refractivity contribution in [3.05, 3.63) is 59.2 Å². The number of aldehydes is 1. The van der Waals surface area contributed by atoms with Gasteiger partial charge in [0.15, 0.2) is 11.6 Å². The van der Waals surface area contributed by atoms with E-state index in [2.05, 4.69) is 0 Å². The molecule has 0 atom stereocenters. The molecular weight excluding hydrogens is 238 g/mol. The van der Waals surface area contributed by atoms with Gasteiger partial charge < -0.3 is 4.74 Å². The Hall–Kier alpha value is -2.23. The van der Waals surface area contributed by atoms with Crippen molar-refractivity contribution < 1.29 is 18.3 Å². The molecule has 0 spiro atoms. The van der Waals surface area contributed by atoms with Gasteiger partial charge in [0.2, 0.25) is 5.82 Å². The number of benzene rings is 2. The molecule has 2 nitrogen and oxygen atoms in total. The molecule has 0 aromatic heterocycles. The van der Waals surface area contributed by atoms with Crippen LogP contribution in [0, 0.1) is 18.6 Å². The average Bonchev–Trinajstić information content (AvgIpc) is 2.37. The second-order valence-electron chi connectivity index (χ2n) is 3.80. The van der Waals surface area contributed by atoms with E-state index in [0.29, 0.717) is 23.2 Å². The first-order valence-electron chi connectivity index (χ1n) is 5.29. The number of hydrogen-bond donors (Lipinski definition) is 0. The van der Waals surface area contributed by atoms with Crippen LogP contribution in [0.1, 0.15) is 15.9 Å². The van der Waals surface area contributed by atoms with Crippen molar-refractivity contribution in [1.29, 1.82) is 0 Å². The summed E-state index contributed by atoms with van der Waals surface area (Å²) in [6, 6.07) is 8.42. The van der Waals surface area contributed by atoms with Gasteiger partial charge in [-0.3, -0.25) is 4.79 Å². The van der Waals surface area contributed by atoms with Crippen molar-refractivity contribution >= 4 is 6.29 Å². The van der Waals surface area contributed by atoms with E-state index in [1.54, 1.807) is 25.1 Å². The molecule has 0 saturated carbocycles. The van der Waals surface area contributed by atoms with E-state index in [1.807, 2.05) is 0 Å². The first kappa shape index (κ1) is 12.2. The highest BCUT2D eigenvalue weighted by molar-refractivity contribution is 5.75. The fourth-order valence-electron chi connectivity index (χ4n) is 1.54. The molecule has 2 aromatic rings. The number of carbonyl (C=O) groups is 1. The minimum Gasteiger partial charge on any atom is -0.454 e. The van der Waals surface area contributed by atoms with Gasteiger partial charge in [0.05, 0.1) is 0 Å². The summed E-state index contributed by atoms with van der Waals surface area (Å²) in [6.07, 6.45) is 0.708. The third kappa shape index (κ3) is 2.37. The predicted molar refractivity (Wildman–Crippen MR) is 63.0 cm³/mol. The molecule has 0 aliphatic rings. The summed E-state index contributed by atoms with van der Waals surface area (Å²) < 4.78 is 31.7. The maximum absolute atomic E-state index is 13.4. The Kier molecular flexibility index (Phi) is 3.37. The van der Waals surface area contributed by atoms with Gasteiger partial charge in [0.1, 0.15) is 12.0 Å². The van der Waals surface area contributed by atoms with Crippen molar-refractivity contribution in [2.45, 2.75) is 6.92 Å². The van der Waals surface area contributed by atoms with E-state index in [4.69, 9.17) is 4.74 Å². The minimum absolute atomic E-state index is 0.183. The fourth-order valence-corrected chi connectivity index (χ4v) is 1.54. The Balaban J connectivity index is 2.34. The van der Waals surface area contributed by atoms with E-state index in [-0.39, 0.29) is 5.75 Å². The number of aryl methyl sites for hydroxylation is 1. The molecule has 0 N–H and O–H groups in total. The quantitative estimate of drug-likeness (QED) is 0.770. The number of ether oxygens (including phenoxy) is 1. The minimum atomic E-state index is -1.03. The summed E-state index contributed by atoms with van der Waals surface area (Å²) in [4.78, 5) is 10.6. The molecule has 0 heterocycles. The van der Waals surface area contributed by atoms with Crippen LogP contribution in [0.5, 0.6) is 11.5 Å². The Morgan fingerprint density at radius 2 is 1.89 bits per heavy atom. The van der Waals surface area contributed by atoms with E-state index in [1.165, 1.54) is 12.1 Å². The molecule has 0 saturated heterocycles. The van der Waals surface area contributed by atoms with Gasteiger partial charge in [-0.1, -0.05) is 6.07 Å². The molecule has 0 bridgehead atoms. The van der Waals surface area contributed by atoms with Crippen molar-refractivity contribution in [3.63, 3.8) is 0 Å². The zero-order valence-corrected chi connectivity index (χ0v) is 9.61. The normalized spacial score (nSPS) is 10.2. The summed E-state index contributed by atoms with van der Waals surface area (Å²) in [5.41, 5.74) is 1.17. The maximum atomic E-state index is 13.4. The van der Waals surface area contributed by atoms with Gasteiger partial charge in [-0.2, -0.15) is 4.39 Å². The molecule has 0 unspecified atom stereocenters. The van der Waals surface area contributed by atoms with Crippen LogP contribution < -0.4 is 4.74 Å². The van der Waals surface area contributed by atoms with E-state index in [9.17, 15) is 13.6 Å². The molecule has 4 heteroatoms. The fraction of sp³-hybridized carbons (Fsp3) is 0.0714. The Bertz CT molecular complexity index is 594. The van der Waals surface area contributed by atoms with Crippen LogP contribution in [-0.2, 0) is 0 Å². The second kappa shape index (κ2) is 4.96. The molecule has 2 aromatic carbocycles. The van der Waals surface area contributed by atoms with Crippen LogP contribution in [0.2, 0.25) is 0 Å². The standard InChI is InChI=1S/C14H10F2O2/c1-9-7-10(8-17)5-6-12(9)18-13-4-2-3-11(15)14(13)16/h2-8H,1H3. The molecule has 2 rings (SSSR count). The second-order valence-corrected chi connectivity index (χ2v) is 3.80. The lowest BCUT2D eigenvalue weighted by molar-refractivity contribution is 0.112. The topological polar surface area (TPSA) is 26.3 Å². The Labute approximate surface area is 103 Å². The lowest BCUT2D eigenvalue weighted by atomic mass is 10.1. The molecule has 0 radical (unpaired) electrons. The Morgan fingerprint density at radius 3 is 2.56 bits per heavy atom. The molecular formula is C14H10F2O2. The van der Waals surface area contributed by atoms with E-state index >= 15 is 0 Å². The van der Waals surface area contributed by atoms with Gasteiger partial charge in [0.25, 0.3) is 0 Å². The lowest BCUT2D eigenvalue weighted by Crippen LogP contribution is -1.94. The summed E-state index contributed by atoms with van der Waals surface area (Å²) in [5.74, 6) is -1.80. The van der Waals surface area contributed by atoms with Crippen molar-refractivity contribution in [2.24, 2.45) is 0 Å². The lowest BCUT2D eigenvalue weighted by Gasteiger charge is -2.09. The van der Waals surface area contributed by atoms with Crippen LogP contribution in [0.25, 0.3) is 0 Å². The summed E-state index contributed by atoms with van der Waals surface area (Å²) in [7, 11) is 0. The molecule has 18 heavy (non-hydrogen) atoms. The largest absolute Gasteiger partial charge is 0.454 e. The zero-order chi connectivity index (χ0) is 13.1. The molecule has 0 amide bonds. The van der Waals surface area contributed by atoms with Crippen molar-refractivity contribution in [1.82, 2.24) is 0 Å². The van der Waals surface area contributed by atoms with E-state index < -0.39 is 11.6 Å². The van der Waals surface area contributed by atoms with Crippen molar-refractivity contribution in [2.75, 3.05) is 0 Å².